The van der Waals surface area contributed by atoms with Crippen molar-refractivity contribution in [2.75, 3.05) is 50.8 Å². The molecule has 4 aliphatic rings. The van der Waals surface area contributed by atoms with Gasteiger partial charge in [0, 0.05) is 115 Å². The second-order valence-corrected chi connectivity index (χ2v) is 16.5. The third-order valence-electron chi connectivity index (χ3n) is 12.1. The zero-order chi connectivity index (χ0) is 39.7. The van der Waals surface area contributed by atoms with Crippen molar-refractivity contribution in [1.29, 1.82) is 0 Å². The highest BCUT2D eigenvalue weighted by atomic mass is 19.1. The minimum atomic E-state index is -1.58. The smallest absolute Gasteiger partial charge is 0.271 e. The number of anilines is 1. The maximum atomic E-state index is 16.1. The number of imide groups is 1. The lowest BCUT2D eigenvalue weighted by molar-refractivity contribution is -0.136. The van der Waals surface area contributed by atoms with Crippen molar-refractivity contribution in [3.05, 3.63) is 94.3 Å². The Kier molecular flexibility index (Phi) is 9.31. The molecule has 14 heteroatoms. The van der Waals surface area contributed by atoms with Crippen LogP contribution in [0.2, 0.25) is 0 Å². The maximum Gasteiger partial charge on any atom is 0.271 e. The van der Waals surface area contributed by atoms with Gasteiger partial charge < -0.3 is 24.5 Å². The summed E-state index contributed by atoms with van der Waals surface area (Å²) >= 11 is 0. The number of nitrogens with one attached hydrogen (secondary N) is 3. The van der Waals surface area contributed by atoms with Gasteiger partial charge in [0.25, 0.3) is 5.91 Å². The molecule has 9 rings (SSSR count). The number of amides is 3. The van der Waals surface area contributed by atoms with Crippen LogP contribution in [0.5, 0.6) is 5.75 Å². The third kappa shape index (κ3) is 6.82. The first-order valence-electron chi connectivity index (χ1n) is 19.8. The van der Waals surface area contributed by atoms with Crippen LogP contribution in [0.4, 0.5) is 18.9 Å². The molecule has 11 nitrogen and oxygen atoms in total. The van der Waals surface area contributed by atoms with Gasteiger partial charge >= 0.3 is 0 Å². The van der Waals surface area contributed by atoms with Crippen LogP contribution >= 0.6 is 0 Å². The van der Waals surface area contributed by atoms with Crippen LogP contribution < -0.4 is 15.0 Å². The summed E-state index contributed by atoms with van der Waals surface area (Å²) in [6.45, 7) is 9.13. The largest absolute Gasteiger partial charge is 0.492 e. The average molecular weight is 782 g/mol. The number of fused-ring (bicyclic) bond motifs is 6. The molecule has 3 aromatic carbocycles. The molecule has 57 heavy (non-hydrogen) atoms. The first-order chi connectivity index (χ1) is 27.3. The van der Waals surface area contributed by atoms with E-state index in [1.807, 2.05) is 54.3 Å². The number of aromatic amines is 2. The molecular weight excluding hydrogens is 736 g/mol. The lowest BCUT2D eigenvalue weighted by Crippen LogP contribution is -2.52. The molecule has 298 valence electrons. The van der Waals surface area contributed by atoms with Crippen LogP contribution in [0.1, 0.15) is 72.5 Å². The Balaban J connectivity index is 0.832. The Bertz CT molecular complexity index is 2390. The van der Waals surface area contributed by atoms with Crippen LogP contribution in [0.25, 0.3) is 21.8 Å². The number of nitrogens with zero attached hydrogens (tertiary/aromatic N) is 4. The Hall–Kier alpha value is -5.34. The number of carbonyl (C=O) groups is 3. The summed E-state index contributed by atoms with van der Waals surface area (Å²) in [4.78, 5) is 52.0. The predicted molar refractivity (Wildman–Crippen MR) is 210 cm³/mol. The number of halogens is 3. The summed E-state index contributed by atoms with van der Waals surface area (Å²) in [5, 5.41) is 4.29. The fraction of sp³-hybridized carbons (Fsp3) is 0.419. The van der Waals surface area contributed by atoms with Crippen LogP contribution in [0, 0.1) is 11.6 Å². The second-order valence-electron chi connectivity index (χ2n) is 16.5. The molecule has 0 radical (unpaired) electrons. The molecule has 4 aliphatic heterocycles. The topological polar surface area (TPSA) is 117 Å². The monoisotopic (exact) mass is 781 g/mol. The second kappa shape index (κ2) is 14.2. The summed E-state index contributed by atoms with van der Waals surface area (Å²) in [5.74, 6) is -2.33. The standard InChI is InChI=1S/C43H46F3N7O4/c1-24-18-29-27-6-4-5-7-33(27)47-38(29)40(53(24)23-43(2,3)46)37-31(44)20-26(21-32(37)45)57-17-16-50-12-14-51(15-13-50)25-8-9-28-30-22-52(35-10-11-36(54)49-41(35)55)42(56)39(30)48-34(28)19-25/h4-9,19-21,24,35,40,47-48H,10-18,22-23H2,1-3H3,(H,49,54,55)/t24-,35?,40-/m1/s1. The highest BCUT2D eigenvalue weighted by Gasteiger charge is 2.42. The van der Waals surface area contributed by atoms with E-state index in [0.717, 1.165) is 64.8 Å². The first kappa shape index (κ1) is 37.2. The molecule has 1 unspecified atom stereocenters. The fourth-order valence-electron chi connectivity index (χ4n) is 9.33. The van der Waals surface area contributed by atoms with E-state index in [9.17, 15) is 14.4 Å². The van der Waals surface area contributed by atoms with Crippen molar-refractivity contribution in [1.82, 2.24) is 30.0 Å². The number of ether oxygens (including phenoxy) is 1. The van der Waals surface area contributed by atoms with E-state index in [0.29, 0.717) is 37.3 Å². The number of para-hydroxylation sites is 1. The molecule has 0 aliphatic carbocycles. The number of aromatic nitrogens is 2. The highest BCUT2D eigenvalue weighted by Crippen LogP contribution is 2.44. The lowest BCUT2D eigenvalue weighted by atomic mass is 9.87. The van der Waals surface area contributed by atoms with Gasteiger partial charge in [-0.1, -0.05) is 24.3 Å². The van der Waals surface area contributed by atoms with Crippen molar-refractivity contribution in [3.8, 4) is 5.75 Å². The van der Waals surface area contributed by atoms with Crippen LogP contribution in [-0.2, 0) is 22.6 Å². The molecule has 0 spiro atoms. The van der Waals surface area contributed by atoms with Crippen molar-refractivity contribution < 1.29 is 32.3 Å². The zero-order valence-electron chi connectivity index (χ0n) is 32.3. The molecule has 3 atom stereocenters. The van der Waals surface area contributed by atoms with Gasteiger partial charge in [-0.2, -0.15) is 0 Å². The molecule has 2 saturated heterocycles. The highest BCUT2D eigenvalue weighted by molar-refractivity contribution is 6.08. The summed E-state index contributed by atoms with van der Waals surface area (Å²) in [6, 6.07) is 14.7. The number of piperazine rings is 1. The minimum Gasteiger partial charge on any atom is -0.492 e. The average Bonchev–Trinajstić information content (AvgIpc) is 3.82. The number of piperidine rings is 1. The van der Waals surface area contributed by atoms with Gasteiger partial charge in [-0.3, -0.25) is 29.5 Å². The van der Waals surface area contributed by atoms with E-state index >= 15 is 13.2 Å². The molecular formula is C43H46F3N7O4. The van der Waals surface area contributed by atoms with Gasteiger partial charge in [0.1, 0.15) is 41.4 Å². The number of carbonyl (C=O) groups excluding carboxylic acids is 3. The van der Waals surface area contributed by atoms with Crippen molar-refractivity contribution in [2.45, 2.75) is 70.4 Å². The Morgan fingerprint density at radius 1 is 0.895 bits per heavy atom. The van der Waals surface area contributed by atoms with E-state index in [1.54, 1.807) is 4.90 Å². The number of rotatable bonds is 9. The molecule has 5 aromatic rings. The van der Waals surface area contributed by atoms with Gasteiger partial charge in [-0.05, 0) is 57.4 Å². The summed E-state index contributed by atoms with van der Waals surface area (Å²) in [6.07, 6.45) is 1.16. The number of hydrogen-bond acceptors (Lipinski definition) is 7. The van der Waals surface area contributed by atoms with E-state index in [4.69, 9.17) is 4.74 Å². The zero-order valence-corrected chi connectivity index (χ0v) is 32.3. The Morgan fingerprint density at radius 2 is 1.63 bits per heavy atom. The lowest BCUT2D eigenvalue weighted by Gasteiger charge is -2.43. The summed E-state index contributed by atoms with van der Waals surface area (Å²) in [5.41, 5.74) is 4.10. The Morgan fingerprint density at radius 3 is 2.37 bits per heavy atom. The quantitative estimate of drug-likeness (QED) is 0.158. The number of hydrogen-bond donors (Lipinski definition) is 3. The van der Waals surface area contributed by atoms with Crippen LogP contribution in [-0.4, -0.2) is 106 Å². The van der Waals surface area contributed by atoms with Gasteiger partial charge in [0.15, 0.2) is 0 Å². The van der Waals surface area contributed by atoms with E-state index in [1.165, 1.54) is 26.0 Å². The van der Waals surface area contributed by atoms with Crippen molar-refractivity contribution >= 4 is 45.2 Å². The Labute approximate surface area is 328 Å². The normalized spacial score (nSPS) is 22.1. The molecule has 6 heterocycles. The first-order valence-corrected chi connectivity index (χ1v) is 19.8. The summed E-state index contributed by atoms with van der Waals surface area (Å²) < 4.78 is 53.4. The molecule has 2 fully saturated rings. The fourth-order valence-corrected chi connectivity index (χ4v) is 9.33. The van der Waals surface area contributed by atoms with Gasteiger partial charge in [-0.25, -0.2) is 13.2 Å². The molecule has 3 N–H and O–H groups in total. The van der Waals surface area contributed by atoms with Crippen LogP contribution in [0.3, 0.4) is 0 Å². The van der Waals surface area contributed by atoms with Gasteiger partial charge in [-0.15, -0.1) is 0 Å². The minimum absolute atomic E-state index is 0.00845. The van der Waals surface area contributed by atoms with E-state index in [-0.39, 0.29) is 48.7 Å². The molecule has 0 saturated carbocycles. The van der Waals surface area contributed by atoms with Gasteiger partial charge in [0.05, 0.1) is 6.04 Å². The predicted octanol–water partition coefficient (Wildman–Crippen LogP) is 5.97. The third-order valence-corrected chi connectivity index (χ3v) is 12.1. The summed E-state index contributed by atoms with van der Waals surface area (Å²) in [7, 11) is 0. The van der Waals surface area contributed by atoms with Gasteiger partial charge in [0.2, 0.25) is 11.8 Å². The van der Waals surface area contributed by atoms with E-state index in [2.05, 4.69) is 25.1 Å². The number of H-pyrrole nitrogens is 2. The molecule has 0 bridgehead atoms. The number of benzene rings is 3. The van der Waals surface area contributed by atoms with Crippen molar-refractivity contribution in [3.63, 3.8) is 0 Å². The maximum absolute atomic E-state index is 16.1. The molecule has 2 aromatic heterocycles. The van der Waals surface area contributed by atoms with E-state index < -0.39 is 35.3 Å². The van der Waals surface area contributed by atoms with Crippen molar-refractivity contribution in [2.24, 2.45) is 0 Å². The molecule has 3 amide bonds. The van der Waals surface area contributed by atoms with Crippen LogP contribution in [0.15, 0.2) is 54.6 Å². The number of alkyl halides is 1. The SMILES string of the molecule is C[C@@H]1Cc2c([nH]c3ccccc23)[C@@H](c2c(F)cc(OCCN3CCN(c4ccc5c6c([nH]c5c4)C(=O)N(C4CCC(=O)NC4=O)C6)CC3)cc2F)N1CC(C)(C)F.